The third kappa shape index (κ3) is 8.50. The highest BCUT2D eigenvalue weighted by Gasteiger charge is 2.08. The molecular formula is C27H28BrNO4. The molecule has 0 N–H and O–H groups in total. The van der Waals surface area contributed by atoms with Gasteiger partial charge in [-0.25, -0.2) is 4.79 Å². The summed E-state index contributed by atoms with van der Waals surface area (Å²) in [5.74, 6) is 13.6. The van der Waals surface area contributed by atoms with Gasteiger partial charge >= 0.3 is 5.97 Å². The Balaban J connectivity index is 1.54. The highest BCUT2D eigenvalue weighted by molar-refractivity contribution is 9.10. The largest absolute Gasteiger partial charge is 0.482 e. The summed E-state index contributed by atoms with van der Waals surface area (Å²) in [6.45, 7) is 5.12. The maximum atomic E-state index is 11.2. The van der Waals surface area contributed by atoms with E-state index < -0.39 is 5.97 Å². The number of ether oxygens (including phenoxy) is 3. The molecule has 5 nitrogen and oxygen atoms in total. The van der Waals surface area contributed by atoms with Gasteiger partial charge in [0.2, 0.25) is 0 Å². The van der Waals surface area contributed by atoms with Gasteiger partial charge < -0.3 is 14.2 Å². The lowest BCUT2D eigenvalue weighted by atomic mass is 10.1. The Labute approximate surface area is 204 Å². The zero-order valence-electron chi connectivity index (χ0n) is 19.1. The Kier molecular flexibility index (Phi) is 9.69. The van der Waals surface area contributed by atoms with Crippen LogP contribution in [-0.4, -0.2) is 50.8 Å². The van der Waals surface area contributed by atoms with Gasteiger partial charge in [0.05, 0.1) is 13.7 Å². The van der Waals surface area contributed by atoms with Crippen LogP contribution in [0, 0.1) is 30.6 Å². The second-order valence-corrected chi connectivity index (χ2v) is 8.67. The molecule has 2 aromatic carbocycles. The lowest BCUT2D eigenvalue weighted by molar-refractivity contribution is -0.142. The Morgan fingerprint density at radius 1 is 1.00 bits per heavy atom. The Hall–Kier alpha value is -2.93. The first-order chi connectivity index (χ1) is 16.0. The number of esters is 1. The summed E-state index contributed by atoms with van der Waals surface area (Å²) in [6, 6.07) is 11.4. The van der Waals surface area contributed by atoms with Crippen molar-refractivity contribution in [1.29, 1.82) is 0 Å². The number of methoxy groups -OCH3 is 1. The van der Waals surface area contributed by atoms with Gasteiger partial charge in [-0.2, -0.15) is 0 Å². The monoisotopic (exact) mass is 509 g/mol. The lowest BCUT2D eigenvalue weighted by Gasteiger charge is -2.23. The fourth-order valence-corrected chi connectivity index (χ4v) is 3.92. The van der Waals surface area contributed by atoms with Crippen molar-refractivity contribution in [3.05, 3.63) is 57.6 Å². The van der Waals surface area contributed by atoms with E-state index in [0.717, 1.165) is 40.8 Å². The van der Waals surface area contributed by atoms with E-state index in [-0.39, 0.29) is 13.2 Å². The summed E-state index contributed by atoms with van der Waals surface area (Å²) in [4.78, 5) is 13.6. The second-order valence-electron chi connectivity index (χ2n) is 7.75. The van der Waals surface area contributed by atoms with Gasteiger partial charge in [0.1, 0.15) is 18.1 Å². The molecule has 0 bridgehead atoms. The van der Waals surface area contributed by atoms with E-state index in [1.165, 1.54) is 26.4 Å². The standard InChI is InChI=1S/C27H28BrNO4/c1-21-16-25(10-11-26(21)33-20-27(30)31-2)32-15-7-9-23-17-22(18-24(28)19-23)8-6-14-29-12-4-3-5-13-29/h10-11,16-19H,3-5,12-15,20H2,1-2H3. The molecule has 0 unspecified atom stereocenters. The molecule has 172 valence electrons. The Morgan fingerprint density at radius 3 is 2.42 bits per heavy atom. The summed E-state index contributed by atoms with van der Waals surface area (Å²) in [5, 5.41) is 0. The van der Waals surface area contributed by atoms with Gasteiger partial charge in [0.15, 0.2) is 6.61 Å². The van der Waals surface area contributed by atoms with Gasteiger partial charge in [0.25, 0.3) is 0 Å². The summed E-state index contributed by atoms with van der Waals surface area (Å²) in [6.07, 6.45) is 3.87. The van der Waals surface area contributed by atoms with Crippen LogP contribution in [0.4, 0.5) is 0 Å². The van der Waals surface area contributed by atoms with E-state index >= 15 is 0 Å². The van der Waals surface area contributed by atoms with E-state index in [9.17, 15) is 4.79 Å². The van der Waals surface area contributed by atoms with Crippen molar-refractivity contribution >= 4 is 21.9 Å². The quantitative estimate of drug-likeness (QED) is 0.421. The van der Waals surface area contributed by atoms with E-state index in [1.54, 1.807) is 12.1 Å². The number of carbonyl (C=O) groups is 1. The van der Waals surface area contributed by atoms with E-state index in [1.807, 2.05) is 31.2 Å². The number of halogens is 1. The predicted molar refractivity (Wildman–Crippen MR) is 132 cm³/mol. The van der Waals surface area contributed by atoms with Crippen LogP contribution in [0.5, 0.6) is 11.5 Å². The molecule has 0 saturated carbocycles. The number of hydrogen-bond donors (Lipinski definition) is 0. The van der Waals surface area contributed by atoms with Crippen molar-refractivity contribution in [2.24, 2.45) is 0 Å². The van der Waals surface area contributed by atoms with Crippen LogP contribution < -0.4 is 9.47 Å². The van der Waals surface area contributed by atoms with E-state index in [0.29, 0.717) is 11.5 Å². The van der Waals surface area contributed by atoms with Gasteiger partial charge in [-0.3, -0.25) is 4.90 Å². The Morgan fingerprint density at radius 2 is 1.73 bits per heavy atom. The number of nitrogens with zero attached hydrogens (tertiary/aromatic N) is 1. The summed E-state index contributed by atoms with van der Waals surface area (Å²) >= 11 is 3.55. The van der Waals surface area contributed by atoms with Crippen molar-refractivity contribution in [2.75, 3.05) is 40.0 Å². The number of piperidine rings is 1. The summed E-state index contributed by atoms with van der Waals surface area (Å²) < 4.78 is 16.7. The first-order valence-corrected chi connectivity index (χ1v) is 11.8. The number of likely N-dealkylation sites (tertiary alicyclic amines) is 1. The number of benzene rings is 2. The third-order valence-electron chi connectivity index (χ3n) is 5.15. The minimum Gasteiger partial charge on any atom is -0.482 e. The molecule has 0 spiro atoms. The highest BCUT2D eigenvalue weighted by atomic mass is 79.9. The maximum Gasteiger partial charge on any atom is 0.343 e. The van der Waals surface area contributed by atoms with Crippen LogP contribution in [0.25, 0.3) is 0 Å². The van der Waals surface area contributed by atoms with Crippen LogP contribution in [0.3, 0.4) is 0 Å². The number of carbonyl (C=O) groups excluding carboxylic acids is 1. The molecule has 0 amide bonds. The van der Waals surface area contributed by atoms with Crippen molar-refractivity contribution in [3.8, 4) is 35.2 Å². The van der Waals surface area contributed by atoms with E-state index in [4.69, 9.17) is 9.47 Å². The first-order valence-electron chi connectivity index (χ1n) is 11.0. The van der Waals surface area contributed by atoms with Gasteiger partial charge in [-0.05, 0) is 74.8 Å². The average Bonchev–Trinajstić information content (AvgIpc) is 2.81. The molecule has 0 radical (unpaired) electrons. The Bertz CT molecular complexity index is 1080. The molecule has 1 aliphatic rings. The van der Waals surface area contributed by atoms with Crippen LogP contribution in [0.2, 0.25) is 0 Å². The highest BCUT2D eigenvalue weighted by Crippen LogP contribution is 2.23. The molecule has 1 aliphatic heterocycles. The molecule has 6 heteroatoms. The molecule has 2 aromatic rings. The molecule has 1 fully saturated rings. The van der Waals surface area contributed by atoms with Gasteiger partial charge in [0, 0.05) is 15.6 Å². The lowest BCUT2D eigenvalue weighted by Crippen LogP contribution is -2.29. The zero-order chi connectivity index (χ0) is 23.5. The van der Waals surface area contributed by atoms with Crippen LogP contribution in [0.1, 0.15) is 36.0 Å². The fourth-order valence-electron chi connectivity index (χ4n) is 3.43. The molecule has 0 aliphatic carbocycles. The molecular weight excluding hydrogens is 482 g/mol. The average molecular weight is 510 g/mol. The minimum atomic E-state index is -0.423. The maximum absolute atomic E-state index is 11.2. The summed E-state index contributed by atoms with van der Waals surface area (Å²) in [7, 11) is 1.33. The molecule has 0 atom stereocenters. The van der Waals surface area contributed by atoms with Gasteiger partial charge in [-0.15, -0.1) is 0 Å². The third-order valence-corrected chi connectivity index (χ3v) is 5.60. The van der Waals surface area contributed by atoms with Crippen molar-refractivity contribution in [2.45, 2.75) is 26.2 Å². The number of hydrogen-bond acceptors (Lipinski definition) is 5. The van der Waals surface area contributed by atoms with Crippen LogP contribution in [-0.2, 0) is 9.53 Å². The fraction of sp³-hybridized carbons (Fsp3) is 0.370. The van der Waals surface area contributed by atoms with E-state index in [2.05, 4.69) is 49.2 Å². The molecule has 1 heterocycles. The topological polar surface area (TPSA) is 48.0 Å². The number of aryl methyl sites for hydroxylation is 1. The smallest absolute Gasteiger partial charge is 0.343 e. The molecule has 1 saturated heterocycles. The zero-order valence-corrected chi connectivity index (χ0v) is 20.7. The van der Waals surface area contributed by atoms with Crippen LogP contribution in [0.15, 0.2) is 40.9 Å². The molecule has 33 heavy (non-hydrogen) atoms. The molecule has 3 rings (SSSR count). The summed E-state index contributed by atoms with van der Waals surface area (Å²) in [5.41, 5.74) is 2.70. The number of rotatable bonds is 6. The van der Waals surface area contributed by atoms with Crippen LogP contribution >= 0.6 is 15.9 Å². The predicted octanol–water partition coefficient (Wildman–Crippen LogP) is 4.58. The van der Waals surface area contributed by atoms with Crippen molar-refractivity contribution < 1.29 is 19.0 Å². The second kappa shape index (κ2) is 12.9. The van der Waals surface area contributed by atoms with Crippen molar-refractivity contribution in [1.82, 2.24) is 4.90 Å². The first kappa shape index (κ1) is 24.7. The SMILES string of the molecule is COC(=O)COc1ccc(OCC#Cc2cc(Br)cc(C#CCN3CCCCC3)c2)cc1C. The normalized spacial score (nSPS) is 13.2. The van der Waals surface area contributed by atoms with Crippen molar-refractivity contribution in [3.63, 3.8) is 0 Å². The molecule has 0 aromatic heterocycles. The van der Waals surface area contributed by atoms with Gasteiger partial charge in [-0.1, -0.05) is 46.0 Å². The minimum absolute atomic E-state index is 0.125.